The van der Waals surface area contributed by atoms with E-state index in [0.717, 1.165) is 43.0 Å². The van der Waals surface area contributed by atoms with Crippen molar-refractivity contribution in [3.05, 3.63) is 64.3 Å². The van der Waals surface area contributed by atoms with Crippen molar-refractivity contribution in [3.63, 3.8) is 0 Å². The number of fused-ring (bicyclic) bond motifs is 4. The van der Waals surface area contributed by atoms with Crippen LogP contribution in [0.5, 0.6) is 5.75 Å². The molecule has 1 saturated heterocycles. The van der Waals surface area contributed by atoms with Crippen LogP contribution in [-0.4, -0.2) is 32.3 Å². The molecule has 1 aromatic carbocycles. The molecule has 2 N–H and O–H groups in total. The number of phenolic OH excluding ortho intramolecular Hbond substituents is 1. The predicted octanol–water partition coefficient (Wildman–Crippen LogP) is 2.42. The van der Waals surface area contributed by atoms with E-state index in [-0.39, 0.29) is 11.3 Å². The molecule has 5 rings (SSSR count). The largest absolute Gasteiger partial charge is 0.508 e. The smallest absolute Gasteiger partial charge is 0.261 e. The molecule has 0 spiro atoms. The molecule has 0 aliphatic carbocycles. The summed E-state index contributed by atoms with van der Waals surface area (Å²) in [6.07, 6.45) is 4.67. The van der Waals surface area contributed by atoms with E-state index in [1.807, 2.05) is 40.5 Å². The quantitative estimate of drug-likeness (QED) is 0.734. The first-order valence-electron chi connectivity index (χ1n) is 9.40. The lowest BCUT2D eigenvalue weighted by Gasteiger charge is -2.37. The van der Waals surface area contributed by atoms with Gasteiger partial charge in [0.05, 0.1) is 11.3 Å². The number of aromatic hydroxyl groups is 1. The molecule has 6 heteroatoms. The predicted molar refractivity (Wildman–Crippen MR) is 103 cm³/mol. The van der Waals surface area contributed by atoms with Crippen molar-refractivity contribution in [1.29, 1.82) is 0 Å². The van der Waals surface area contributed by atoms with Crippen LogP contribution >= 0.6 is 0 Å². The van der Waals surface area contributed by atoms with Gasteiger partial charge in [-0.15, -0.1) is 0 Å². The van der Waals surface area contributed by atoms with E-state index in [2.05, 4.69) is 16.4 Å². The number of aromatic nitrogens is 3. The van der Waals surface area contributed by atoms with Gasteiger partial charge in [-0.2, -0.15) is 0 Å². The normalized spacial score (nSPS) is 21.1. The third-order valence-corrected chi connectivity index (χ3v) is 5.86. The first kappa shape index (κ1) is 16.3. The van der Waals surface area contributed by atoms with E-state index < -0.39 is 0 Å². The summed E-state index contributed by atoms with van der Waals surface area (Å²) in [6, 6.07) is 9.47. The summed E-state index contributed by atoms with van der Waals surface area (Å²) < 4.78 is 3.80. The van der Waals surface area contributed by atoms with Gasteiger partial charge in [-0.25, -0.2) is 4.98 Å². The molecule has 2 aromatic heterocycles. The van der Waals surface area contributed by atoms with E-state index in [1.165, 1.54) is 0 Å². The minimum Gasteiger partial charge on any atom is -0.508 e. The monoisotopic (exact) mass is 362 g/mol. The molecular formula is C21H22N4O2. The van der Waals surface area contributed by atoms with E-state index in [9.17, 15) is 9.90 Å². The van der Waals surface area contributed by atoms with Gasteiger partial charge in [-0.1, -0.05) is 6.07 Å². The minimum atomic E-state index is 0.0212. The Morgan fingerprint density at radius 2 is 2.11 bits per heavy atom. The summed E-state index contributed by atoms with van der Waals surface area (Å²) in [4.78, 5) is 17.7. The molecular weight excluding hydrogens is 340 g/mol. The fraction of sp³-hybridized carbons (Fsp3) is 0.333. The molecule has 1 fully saturated rings. The van der Waals surface area contributed by atoms with E-state index in [0.29, 0.717) is 23.2 Å². The molecule has 2 aliphatic heterocycles. The zero-order valence-corrected chi connectivity index (χ0v) is 15.2. The molecule has 2 bridgehead atoms. The molecule has 2 aliphatic rings. The molecule has 138 valence electrons. The van der Waals surface area contributed by atoms with Gasteiger partial charge in [0, 0.05) is 43.2 Å². The maximum Gasteiger partial charge on any atom is 0.261 e. The maximum absolute atomic E-state index is 13.3. The number of rotatable bonds is 2. The van der Waals surface area contributed by atoms with Gasteiger partial charge in [-0.05, 0) is 49.6 Å². The third kappa shape index (κ3) is 2.59. The first-order valence-corrected chi connectivity index (χ1v) is 9.40. The van der Waals surface area contributed by atoms with Crippen molar-refractivity contribution in [2.45, 2.75) is 25.8 Å². The van der Waals surface area contributed by atoms with Crippen LogP contribution in [0.15, 0.2) is 47.5 Å². The second kappa shape index (κ2) is 6.09. The highest BCUT2D eigenvalue weighted by Crippen LogP contribution is 2.33. The maximum atomic E-state index is 13.3. The van der Waals surface area contributed by atoms with Crippen LogP contribution in [0.1, 0.15) is 23.6 Å². The molecule has 6 nitrogen and oxygen atoms in total. The van der Waals surface area contributed by atoms with Crippen LogP contribution in [0.4, 0.5) is 0 Å². The van der Waals surface area contributed by atoms with Crippen LogP contribution in [0.3, 0.4) is 0 Å². The number of benzene rings is 1. The molecule has 0 radical (unpaired) electrons. The number of nitrogens with one attached hydrogen (secondary N) is 1. The standard InChI is InChI=1S/C21H22N4O2/c1-13-2-3-16(9-19(13)26)24-7-6-23-20(24)17-4-5-18-15-8-14(10-22-11-15)12-25(18)21(17)27/h2-7,9,14-15,22,26H,8,10-12H2,1H3/t14-,15+/m0/s1. The lowest BCUT2D eigenvalue weighted by Crippen LogP contribution is -2.45. The molecule has 4 heterocycles. The van der Waals surface area contributed by atoms with Crippen molar-refractivity contribution in [1.82, 2.24) is 19.4 Å². The summed E-state index contributed by atoms with van der Waals surface area (Å²) in [5.41, 5.74) is 3.34. The number of pyridine rings is 1. The average Bonchev–Trinajstić information content (AvgIpc) is 3.15. The van der Waals surface area contributed by atoms with E-state index in [1.54, 1.807) is 12.3 Å². The van der Waals surface area contributed by atoms with Gasteiger partial charge < -0.3 is 15.0 Å². The van der Waals surface area contributed by atoms with Crippen molar-refractivity contribution >= 4 is 0 Å². The molecule has 0 saturated carbocycles. The Morgan fingerprint density at radius 3 is 2.96 bits per heavy atom. The fourth-order valence-corrected chi connectivity index (χ4v) is 4.42. The highest BCUT2D eigenvalue weighted by atomic mass is 16.3. The van der Waals surface area contributed by atoms with Crippen LogP contribution in [0, 0.1) is 12.8 Å². The van der Waals surface area contributed by atoms with Crippen LogP contribution < -0.4 is 10.9 Å². The summed E-state index contributed by atoms with van der Waals surface area (Å²) >= 11 is 0. The SMILES string of the molecule is Cc1ccc(-n2ccnc2-c2ccc3n(c2=O)C[C@@H]2CNC[C@H]3C2)cc1O. The zero-order valence-electron chi connectivity index (χ0n) is 15.2. The Balaban J connectivity index is 1.63. The van der Waals surface area contributed by atoms with Crippen LogP contribution in [-0.2, 0) is 6.54 Å². The fourth-order valence-electron chi connectivity index (χ4n) is 4.42. The molecule has 3 aromatic rings. The van der Waals surface area contributed by atoms with Crippen molar-refractivity contribution < 1.29 is 5.11 Å². The lowest BCUT2D eigenvalue weighted by atomic mass is 9.84. The Kier molecular flexibility index (Phi) is 3.68. The average molecular weight is 362 g/mol. The van der Waals surface area contributed by atoms with Crippen LogP contribution in [0.2, 0.25) is 0 Å². The highest BCUT2D eigenvalue weighted by Gasteiger charge is 2.31. The van der Waals surface area contributed by atoms with Crippen LogP contribution in [0.25, 0.3) is 17.1 Å². The molecule has 27 heavy (non-hydrogen) atoms. The molecule has 2 atom stereocenters. The van der Waals surface area contributed by atoms with Gasteiger partial charge in [0.15, 0.2) is 0 Å². The van der Waals surface area contributed by atoms with E-state index in [4.69, 9.17) is 0 Å². The summed E-state index contributed by atoms with van der Waals surface area (Å²) in [6.45, 7) is 4.53. The summed E-state index contributed by atoms with van der Waals surface area (Å²) in [5.74, 6) is 1.76. The first-order chi connectivity index (χ1) is 13.1. The Bertz CT molecular complexity index is 1080. The lowest BCUT2D eigenvalue weighted by molar-refractivity contribution is 0.257. The van der Waals surface area contributed by atoms with Crippen molar-refractivity contribution in [2.24, 2.45) is 5.92 Å². The second-order valence-electron chi connectivity index (χ2n) is 7.64. The van der Waals surface area contributed by atoms with Crippen molar-refractivity contribution in [2.75, 3.05) is 13.1 Å². The Labute approximate surface area is 157 Å². The van der Waals surface area contributed by atoms with Gasteiger partial charge in [0.2, 0.25) is 0 Å². The molecule has 0 amide bonds. The topological polar surface area (TPSA) is 72.1 Å². The number of nitrogens with zero attached hydrogens (tertiary/aromatic N) is 3. The number of hydrogen-bond donors (Lipinski definition) is 2. The Morgan fingerprint density at radius 1 is 1.22 bits per heavy atom. The third-order valence-electron chi connectivity index (χ3n) is 5.86. The highest BCUT2D eigenvalue weighted by molar-refractivity contribution is 5.59. The number of phenols is 1. The van der Waals surface area contributed by atoms with E-state index >= 15 is 0 Å². The molecule has 0 unspecified atom stereocenters. The number of aryl methyl sites for hydroxylation is 1. The zero-order chi connectivity index (χ0) is 18.5. The summed E-state index contributed by atoms with van der Waals surface area (Å²) in [5, 5.41) is 13.5. The van der Waals surface area contributed by atoms with Gasteiger partial charge >= 0.3 is 0 Å². The Hall–Kier alpha value is -2.86. The van der Waals surface area contributed by atoms with Gasteiger partial charge in [0.25, 0.3) is 5.56 Å². The van der Waals surface area contributed by atoms with Gasteiger partial charge in [-0.3, -0.25) is 9.36 Å². The second-order valence-corrected chi connectivity index (χ2v) is 7.64. The number of imidazole rings is 1. The minimum absolute atomic E-state index is 0.0212. The summed E-state index contributed by atoms with van der Waals surface area (Å²) in [7, 11) is 0. The number of hydrogen-bond acceptors (Lipinski definition) is 4. The number of piperidine rings is 1. The van der Waals surface area contributed by atoms with Crippen molar-refractivity contribution in [3.8, 4) is 22.8 Å². The van der Waals surface area contributed by atoms with Gasteiger partial charge in [0.1, 0.15) is 11.6 Å².